The molecule has 130 valence electrons. The molecule has 0 bridgehead atoms. The van der Waals surface area contributed by atoms with E-state index in [1.807, 2.05) is 0 Å². The van der Waals surface area contributed by atoms with Gasteiger partial charge in [0.1, 0.15) is 11.5 Å². The Balaban J connectivity index is 1.48. The molecular formula is C20H29N3O. The molecule has 2 heterocycles. The van der Waals surface area contributed by atoms with Crippen molar-refractivity contribution in [3.63, 3.8) is 0 Å². The zero-order valence-electron chi connectivity index (χ0n) is 14.9. The number of hydrogen-bond acceptors (Lipinski definition) is 4. The number of hydrogen-bond donors (Lipinski definition) is 1. The fourth-order valence-electron chi connectivity index (χ4n) is 3.27. The molecule has 1 aromatic carbocycles. The lowest BCUT2D eigenvalue weighted by atomic mass is 10.2. The molecule has 0 aliphatic carbocycles. The molecule has 2 aromatic rings. The second-order valence-electron chi connectivity index (χ2n) is 6.61. The second-order valence-corrected chi connectivity index (χ2v) is 6.61. The van der Waals surface area contributed by atoms with E-state index >= 15 is 0 Å². The number of nitrogens with zero attached hydrogens (tertiary/aromatic N) is 2. The highest BCUT2D eigenvalue weighted by molar-refractivity contribution is 5.21. The molecule has 24 heavy (non-hydrogen) atoms. The van der Waals surface area contributed by atoms with Crippen LogP contribution in [0.5, 0.6) is 0 Å². The fourth-order valence-corrected chi connectivity index (χ4v) is 3.27. The van der Waals surface area contributed by atoms with Gasteiger partial charge in [-0.15, -0.1) is 0 Å². The molecule has 4 nitrogen and oxygen atoms in total. The predicted octanol–water partition coefficient (Wildman–Crippen LogP) is 3.02. The van der Waals surface area contributed by atoms with Gasteiger partial charge in [0, 0.05) is 44.8 Å². The molecule has 0 saturated carbocycles. The molecule has 0 unspecified atom stereocenters. The lowest BCUT2D eigenvalue weighted by Crippen LogP contribution is -2.45. The van der Waals surface area contributed by atoms with Crippen molar-refractivity contribution in [2.75, 3.05) is 32.7 Å². The van der Waals surface area contributed by atoms with Crippen LogP contribution in [0.25, 0.3) is 0 Å². The fraction of sp³-hybridized carbons (Fsp3) is 0.500. The van der Waals surface area contributed by atoms with Gasteiger partial charge in [-0.3, -0.25) is 9.80 Å². The van der Waals surface area contributed by atoms with E-state index in [9.17, 15) is 0 Å². The van der Waals surface area contributed by atoms with Gasteiger partial charge in [0.2, 0.25) is 0 Å². The van der Waals surface area contributed by atoms with Gasteiger partial charge in [-0.1, -0.05) is 37.3 Å². The lowest BCUT2D eigenvalue weighted by Gasteiger charge is -2.34. The molecule has 0 radical (unpaired) electrons. The maximum atomic E-state index is 5.86. The highest BCUT2D eigenvalue weighted by Gasteiger charge is 2.18. The Morgan fingerprint density at radius 3 is 2.33 bits per heavy atom. The van der Waals surface area contributed by atoms with Crippen LogP contribution in [0.3, 0.4) is 0 Å². The molecule has 0 amide bonds. The van der Waals surface area contributed by atoms with E-state index in [0.717, 1.165) is 63.9 Å². The van der Waals surface area contributed by atoms with Crippen molar-refractivity contribution in [1.82, 2.24) is 15.1 Å². The summed E-state index contributed by atoms with van der Waals surface area (Å²) in [4.78, 5) is 5.08. The maximum absolute atomic E-state index is 5.86. The Hall–Kier alpha value is -1.62. The number of rotatable bonds is 7. The molecule has 0 atom stereocenters. The van der Waals surface area contributed by atoms with Crippen LogP contribution in [-0.2, 0) is 19.6 Å². The highest BCUT2D eigenvalue weighted by Crippen LogP contribution is 2.18. The number of nitrogens with one attached hydrogen (secondary N) is 1. The predicted molar refractivity (Wildman–Crippen MR) is 97.8 cm³/mol. The first-order chi connectivity index (χ1) is 11.7. The zero-order chi connectivity index (χ0) is 16.8. The largest absolute Gasteiger partial charge is 0.465 e. The summed E-state index contributed by atoms with van der Waals surface area (Å²) in [6.07, 6.45) is 0. The van der Waals surface area contributed by atoms with Crippen molar-refractivity contribution >= 4 is 0 Å². The minimum absolute atomic E-state index is 0.822. The van der Waals surface area contributed by atoms with E-state index in [0.29, 0.717) is 0 Å². The lowest BCUT2D eigenvalue weighted by molar-refractivity contribution is 0.121. The molecule has 1 aromatic heterocycles. The first kappa shape index (κ1) is 17.2. The van der Waals surface area contributed by atoms with Gasteiger partial charge in [-0.2, -0.15) is 0 Å². The second kappa shape index (κ2) is 8.47. The van der Waals surface area contributed by atoms with Gasteiger partial charge in [0.05, 0.1) is 6.54 Å². The van der Waals surface area contributed by atoms with E-state index in [-0.39, 0.29) is 0 Å². The molecule has 1 aliphatic heterocycles. The maximum Gasteiger partial charge on any atom is 0.118 e. The topological polar surface area (TPSA) is 31.6 Å². The van der Waals surface area contributed by atoms with Crippen LogP contribution in [0.4, 0.5) is 0 Å². The van der Waals surface area contributed by atoms with Gasteiger partial charge in [0.15, 0.2) is 0 Å². The Labute approximate surface area is 145 Å². The third-order valence-electron chi connectivity index (χ3n) is 4.73. The minimum Gasteiger partial charge on any atom is -0.465 e. The smallest absolute Gasteiger partial charge is 0.118 e. The number of benzene rings is 1. The third kappa shape index (κ3) is 4.69. The van der Waals surface area contributed by atoms with Crippen LogP contribution in [0.2, 0.25) is 0 Å². The van der Waals surface area contributed by atoms with Gasteiger partial charge in [-0.25, -0.2) is 0 Å². The van der Waals surface area contributed by atoms with E-state index in [4.69, 9.17) is 4.42 Å². The van der Waals surface area contributed by atoms with Crippen molar-refractivity contribution in [3.05, 3.63) is 59.0 Å². The Morgan fingerprint density at radius 2 is 1.67 bits per heavy atom. The molecule has 0 spiro atoms. The van der Waals surface area contributed by atoms with Gasteiger partial charge in [-0.05, 0) is 25.1 Å². The Bertz CT molecular complexity index is 615. The van der Waals surface area contributed by atoms with Crippen molar-refractivity contribution in [2.24, 2.45) is 0 Å². The van der Waals surface area contributed by atoms with Crippen LogP contribution in [0.1, 0.15) is 29.6 Å². The normalized spacial score (nSPS) is 16.6. The minimum atomic E-state index is 0.822. The molecule has 1 fully saturated rings. The van der Waals surface area contributed by atoms with Crippen LogP contribution in [-0.4, -0.2) is 42.5 Å². The SMILES string of the molecule is CCNCc1cc(CN2CCN(Cc3ccccc3)CC2)c(C)o1. The Morgan fingerprint density at radius 1 is 1.00 bits per heavy atom. The summed E-state index contributed by atoms with van der Waals surface area (Å²) in [6, 6.07) is 13.0. The molecular weight excluding hydrogens is 298 g/mol. The van der Waals surface area contributed by atoms with Crippen LogP contribution in [0, 0.1) is 6.92 Å². The number of aryl methyl sites for hydroxylation is 1. The molecule has 4 heteroatoms. The average molecular weight is 327 g/mol. The summed E-state index contributed by atoms with van der Waals surface area (Å²) in [5.74, 6) is 2.11. The standard InChI is InChI=1S/C20H29N3O/c1-3-21-14-20-13-19(17(2)24-20)16-23-11-9-22(10-12-23)15-18-7-5-4-6-8-18/h4-8,13,21H,3,9-12,14-16H2,1-2H3. The summed E-state index contributed by atoms with van der Waals surface area (Å²) in [5, 5.41) is 3.32. The van der Waals surface area contributed by atoms with E-state index in [2.05, 4.69) is 65.4 Å². The first-order valence-electron chi connectivity index (χ1n) is 9.02. The third-order valence-corrected chi connectivity index (χ3v) is 4.73. The van der Waals surface area contributed by atoms with Gasteiger partial charge in [0.25, 0.3) is 0 Å². The van der Waals surface area contributed by atoms with Gasteiger partial charge < -0.3 is 9.73 Å². The van der Waals surface area contributed by atoms with Crippen LogP contribution >= 0.6 is 0 Å². The van der Waals surface area contributed by atoms with Gasteiger partial charge >= 0.3 is 0 Å². The van der Waals surface area contributed by atoms with Crippen molar-refractivity contribution in [1.29, 1.82) is 0 Å². The quantitative estimate of drug-likeness (QED) is 0.847. The van der Waals surface area contributed by atoms with E-state index in [1.165, 1.54) is 11.1 Å². The van der Waals surface area contributed by atoms with E-state index < -0.39 is 0 Å². The van der Waals surface area contributed by atoms with Crippen LogP contribution < -0.4 is 5.32 Å². The zero-order valence-corrected chi connectivity index (χ0v) is 14.9. The summed E-state index contributed by atoms with van der Waals surface area (Å²) < 4.78 is 5.86. The summed E-state index contributed by atoms with van der Waals surface area (Å²) >= 11 is 0. The first-order valence-corrected chi connectivity index (χ1v) is 9.02. The van der Waals surface area contributed by atoms with Crippen LogP contribution in [0.15, 0.2) is 40.8 Å². The Kier molecular flexibility index (Phi) is 6.07. The molecule has 3 rings (SSSR count). The molecule has 1 saturated heterocycles. The number of furan rings is 1. The van der Waals surface area contributed by atoms with Crippen molar-refractivity contribution < 1.29 is 4.42 Å². The average Bonchev–Trinajstić information content (AvgIpc) is 2.95. The summed E-state index contributed by atoms with van der Waals surface area (Å²) in [6.45, 7) is 12.6. The van der Waals surface area contributed by atoms with Crippen molar-refractivity contribution in [3.8, 4) is 0 Å². The molecule has 1 N–H and O–H groups in total. The monoisotopic (exact) mass is 327 g/mol. The number of piperazine rings is 1. The van der Waals surface area contributed by atoms with Crippen molar-refractivity contribution in [2.45, 2.75) is 33.5 Å². The van der Waals surface area contributed by atoms with E-state index in [1.54, 1.807) is 0 Å². The summed E-state index contributed by atoms with van der Waals surface area (Å²) in [7, 11) is 0. The highest BCUT2D eigenvalue weighted by atomic mass is 16.3. The summed E-state index contributed by atoms with van der Waals surface area (Å²) in [5.41, 5.74) is 2.74. The molecule has 1 aliphatic rings.